The first kappa shape index (κ1) is 21.7. The van der Waals surface area contributed by atoms with Gasteiger partial charge in [-0.1, -0.05) is 68.4 Å². The Labute approximate surface area is 226 Å². The van der Waals surface area contributed by atoms with Gasteiger partial charge in [0.1, 0.15) is 0 Å². The van der Waals surface area contributed by atoms with Crippen LogP contribution >= 0.6 is 11.3 Å². The molecule has 3 heteroatoms. The average Bonchev–Trinajstić information content (AvgIpc) is 3.56. The smallest absolute Gasteiger partial charge is 0.0548 e. The first-order valence-corrected chi connectivity index (χ1v) is 14.0. The topological polar surface area (TPSA) is 8.17 Å². The van der Waals surface area contributed by atoms with Crippen LogP contribution in [0.15, 0.2) is 121 Å². The number of thiophene rings is 1. The first-order chi connectivity index (χ1) is 18.6. The average molecular weight is 507 g/mol. The number of hydrogen-bond donors (Lipinski definition) is 0. The summed E-state index contributed by atoms with van der Waals surface area (Å²) >= 11 is 1.81. The molecule has 0 atom stereocenters. The minimum absolute atomic E-state index is 0.0560. The van der Waals surface area contributed by atoms with Gasteiger partial charge in [0.2, 0.25) is 0 Å². The Morgan fingerprint density at radius 3 is 1.92 bits per heavy atom. The molecule has 182 valence electrons. The molecule has 2 aromatic heterocycles. The first-order valence-electron chi connectivity index (χ1n) is 13.1. The van der Waals surface area contributed by atoms with Crippen molar-refractivity contribution in [1.29, 1.82) is 0 Å². The number of nitrogens with zero attached hydrogens (tertiary/aromatic N) is 2. The highest BCUT2D eigenvalue weighted by Gasteiger charge is 2.36. The number of anilines is 3. The molecule has 1 aliphatic heterocycles. The molecule has 3 heterocycles. The number of aromatic nitrogens is 1. The third-order valence-corrected chi connectivity index (χ3v) is 9.15. The van der Waals surface area contributed by atoms with Crippen molar-refractivity contribution in [2.75, 3.05) is 4.90 Å². The van der Waals surface area contributed by atoms with E-state index in [0.717, 1.165) is 0 Å². The largest absolute Gasteiger partial charge is 0.310 e. The molecule has 7 aromatic rings. The molecule has 0 saturated carbocycles. The second-order valence-corrected chi connectivity index (χ2v) is 11.6. The minimum atomic E-state index is -0.0560. The number of benzene rings is 5. The molecule has 0 spiro atoms. The van der Waals surface area contributed by atoms with Crippen molar-refractivity contribution < 1.29 is 0 Å². The molecule has 0 saturated heterocycles. The molecular weight excluding hydrogens is 480 g/mol. The fraction of sp³-hybridized carbons (Fsp3) is 0.0857. The Hall–Kier alpha value is -4.34. The molecule has 38 heavy (non-hydrogen) atoms. The third kappa shape index (κ3) is 2.88. The van der Waals surface area contributed by atoms with Gasteiger partial charge in [-0.3, -0.25) is 0 Å². The standard InChI is InChI=1S/C35H26N2S/c1-35(2)27-10-4-7-13-30(27)37(31-14-8-5-11-28(31)35)24-17-15-23(16-18-24)36-29-12-6-3-9-25(29)34-26-21-22-38-33(26)20-19-32(34)36/h3-22H,1-2H3. The molecule has 0 N–H and O–H groups in total. The quantitative estimate of drug-likeness (QED) is 0.226. The maximum Gasteiger partial charge on any atom is 0.0548 e. The Morgan fingerprint density at radius 1 is 0.553 bits per heavy atom. The van der Waals surface area contributed by atoms with Crippen molar-refractivity contribution in [3.05, 3.63) is 132 Å². The van der Waals surface area contributed by atoms with Crippen LogP contribution < -0.4 is 4.90 Å². The lowest BCUT2D eigenvalue weighted by atomic mass is 9.73. The lowest BCUT2D eigenvalue weighted by molar-refractivity contribution is 0.632. The summed E-state index contributed by atoms with van der Waals surface area (Å²) in [6, 6.07) is 42.3. The third-order valence-electron chi connectivity index (χ3n) is 8.27. The Balaban J connectivity index is 1.33. The molecule has 8 rings (SSSR count). The summed E-state index contributed by atoms with van der Waals surface area (Å²) in [5, 5.41) is 6.17. The van der Waals surface area contributed by atoms with E-state index in [-0.39, 0.29) is 5.41 Å². The van der Waals surface area contributed by atoms with Crippen LogP contribution in [0.4, 0.5) is 17.1 Å². The molecule has 5 aromatic carbocycles. The van der Waals surface area contributed by atoms with Gasteiger partial charge in [-0.05, 0) is 77.2 Å². The van der Waals surface area contributed by atoms with Gasteiger partial charge >= 0.3 is 0 Å². The number of rotatable bonds is 2. The van der Waals surface area contributed by atoms with Gasteiger partial charge in [-0.25, -0.2) is 0 Å². The summed E-state index contributed by atoms with van der Waals surface area (Å²) < 4.78 is 3.74. The second kappa shape index (κ2) is 7.83. The molecule has 0 amide bonds. The van der Waals surface area contributed by atoms with Crippen LogP contribution in [0.25, 0.3) is 37.6 Å². The van der Waals surface area contributed by atoms with E-state index >= 15 is 0 Å². The van der Waals surface area contributed by atoms with Crippen molar-refractivity contribution in [3.63, 3.8) is 0 Å². The summed E-state index contributed by atoms with van der Waals surface area (Å²) in [6.07, 6.45) is 0. The number of hydrogen-bond acceptors (Lipinski definition) is 2. The van der Waals surface area contributed by atoms with E-state index < -0.39 is 0 Å². The normalized spacial score (nSPS) is 14.2. The maximum absolute atomic E-state index is 2.42. The van der Waals surface area contributed by atoms with Crippen molar-refractivity contribution in [2.45, 2.75) is 19.3 Å². The van der Waals surface area contributed by atoms with E-state index in [4.69, 9.17) is 0 Å². The maximum atomic E-state index is 2.42. The lowest BCUT2D eigenvalue weighted by Gasteiger charge is -2.42. The number of para-hydroxylation sites is 3. The predicted octanol–water partition coefficient (Wildman–Crippen LogP) is 10.1. The summed E-state index contributed by atoms with van der Waals surface area (Å²) in [4.78, 5) is 2.42. The SMILES string of the molecule is CC1(C)c2ccccc2N(c2ccc(-n3c4ccccc4c4c5ccsc5ccc43)cc2)c2ccccc21. The van der Waals surface area contributed by atoms with Gasteiger partial charge in [0.15, 0.2) is 0 Å². The van der Waals surface area contributed by atoms with Crippen LogP contribution in [0.1, 0.15) is 25.0 Å². The zero-order valence-electron chi connectivity index (χ0n) is 21.3. The summed E-state index contributed by atoms with van der Waals surface area (Å²) in [7, 11) is 0. The van der Waals surface area contributed by atoms with Crippen LogP contribution in [0.5, 0.6) is 0 Å². The Morgan fingerprint density at radius 2 is 1.18 bits per heavy atom. The van der Waals surface area contributed by atoms with E-state index in [9.17, 15) is 0 Å². The van der Waals surface area contributed by atoms with Crippen molar-refractivity contribution in [3.8, 4) is 5.69 Å². The van der Waals surface area contributed by atoms with Crippen LogP contribution in [0.3, 0.4) is 0 Å². The summed E-state index contributed by atoms with van der Waals surface area (Å²) in [5.41, 5.74) is 9.99. The van der Waals surface area contributed by atoms with Gasteiger partial charge in [0.25, 0.3) is 0 Å². The second-order valence-electron chi connectivity index (χ2n) is 10.7. The molecular formula is C35H26N2S. The van der Waals surface area contributed by atoms with Gasteiger partial charge in [0.05, 0.1) is 22.4 Å². The van der Waals surface area contributed by atoms with Crippen molar-refractivity contribution in [1.82, 2.24) is 4.57 Å². The van der Waals surface area contributed by atoms with E-state index in [0.29, 0.717) is 0 Å². The van der Waals surface area contributed by atoms with Gasteiger partial charge in [-0.15, -0.1) is 11.3 Å². The van der Waals surface area contributed by atoms with Crippen LogP contribution in [-0.4, -0.2) is 4.57 Å². The molecule has 0 radical (unpaired) electrons. The van der Waals surface area contributed by atoms with E-state index in [1.165, 1.54) is 65.8 Å². The highest BCUT2D eigenvalue weighted by molar-refractivity contribution is 7.17. The van der Waals surface area contributed by atoms with E-state index in [1.54, 1.807) is 0 Å². The lowest BCUT2D eigenvalue weighted by Crippen LogP contribution is -2.30. The molecule has 2 nitrogen and oxygen atoms in total. The van der Waals surface area contributed by atoms with Crippen LogP contribution in [0.2, 0.25) is 0 Å². The molecule has 1 aliphatic rings. The molecule has 0 aliphatic carbocycles. The Kier molecular flexibility index (Phi) is 4.48. The fourth-order valence-corrected chi connectivity index (χ4v) is 7.28. The molecule has 0 fully saturated rings. The van der Waals surface area contributed by atoms with E-state index in [2.05, 4.69) is 144 Å². The highest BCUT2D eigenvalue weighted by Crippen LogP contribution is 2.51. The van der Waals surface area contributed by atoms with E-state index in [1.807, 2.05) is 11.3 Å². The van der Waals surface area contributed by atoms with Crippen LogP contribution in [-0.2, 0) is 5.41 Å². The summed E-state index contributed by atoms with van der Waals surface area (Å²) in [6.45, 7) is 4.66. The fourth-order valence-electron chi connectivity index (χ4n) is 6.49. The molecule has 0 bridgehead atoms. The monoisotopic (exact) mass is 506 g/mol. The van der Waals surface area contributed by atoms with Crippen molar-refractivity contribution >= 4 is 60.3 Å². The number of fused-ring (bicyclic) bond motifs is 7. The van der Waals surface area contributed by atoms with Crippen LogP contribution in [0, 0.1) is 0 Å². The van der Waals surface area contributed by atoms with Gasteiger partial charge in [0, 0.05) is 37.6 Å². The summed E-state index contributed by atoms with van der Waals surface area (Å²) in [5.74, 6) is 0. The predicted molar refractivity (Wildman–Crippen MR) is 163 cm³/mol. The van der Waals surface area contributed by atoms with Crippen molar-refractivity contribution in [2.24, 2.45) is 0 Å². The van der Waals surface area contributed by atoms with Gasteiger partial charge in [-0.2, -0.15) is 0 Å². The minimum Gasteiger partial charge on any atom is -0.310 e. The van der Waals surface area contributed by atoms with Gasteiger partial charge < -0.3 is 9.47 Å². The zero-order chi connectivity index (χ0) is 25.4. The zero-order valence-corrected chi connectivity index (χ0v) is 22.2. The highest BCUT2D eigenvalue weighted by atomic mass is 32.1. The Bertz CT molecular complexity index is 1960. The molecule has 0 unspecified atom stereocenters.